The molecule has 2 aromatic rings. The molecule has 0 aromatic heterocycles. The Balaban J connectivity index is 1.39. The van der Waals surface area contributed by atoms with E-state index >= 15 is 0 Å². The molecule has 0 N–H and O–H groups in total. The van der Waals surface area contributed by atoms with Crippen molar-refractivity contribution in [3.8, 4) is 0 Å². The van der Waals surface area contributed by atoms with Crippen LogP contribution >= 0.6 is 0 Å². The molecule has 0 atom stereocenters. The van der Waals surface area contributed by atoms with Gasteiger partial charge in [-0.25, -0.2) is 0 Å². The molecule has 3 fully saturated rings. The number of carbonyl (C=O) groups is 2. The average molecular weight is 376 g/mol. The van der Waals surface area contributed by atoms with Gasteiger partial charge in [-0.3, -0.25) is 9.59 Å². The normalized spacial score (nSPS) is 21.2. The van der Waals surface area contributed by atoms with Crippen LogP contribution in [0.1, 0.15) is 52.0 Å². The summed E-state index contributed by atoms with van der Waals surface area (Å²) in [7, 11) is 1.81. The van der Waals surface area contributed by atoms with Crippen LogP contribution in [0.15, 0.2) is 54.6 Å². The van der Waals surface area contributed by atoms with Crippen LogP contribution in [0, 0.1) is 11.8 Å². The van der Waals surface area contributed by atoms with E-state index in [9.17, 15) is 9.59 Å². The molecule has 1 saturated carbocycles. The van der Waals surface area contributed by atoms with Gasteiger partial charge in [0, 0.05) is 37.8 Å². The molecule has 2 aromatic carbocycles. The zero-order valence-electron chi connectivity index (χ0n) is 16.5. The molecule has 0 unspecified atom stereocenters. The first-order valence-electron chi connectivity index (χ1n) is 10.3. The fourth-order valence-corrected chi connectivity index (χ4v) is 4.54. The van der Waals surface area contributed by atoms with E-state index in [1.54, 1.807) is 11.9 Å². The van der Waals surface area contributed by atoms with Crippen molar-refractivity contribution < 1.29 is 9.59 Å². The number of rotatable bonds is 4. The van der Waals surface area contributed by atoms with E-state index in [1.807, 2.05) is 54.6 Å². The molecule has 0 radical (unpaired) electrons. The Hall–Kier alpha value is -2.62. The Morgan fingerprint density at radius 2 is 1.43 bits per heavy atom. The molecule has 0 spiro atoms. The molecule has 4 nitrogen and oxygen atoms in total. The summed E-state index contributed by atoms with van der Waals surface area (Å²) in [5.74, 6) is 1.51. The van der Waals surface area contributed by atoms with Gasteiger partial charge in [0.2, 0.25) is 0 Å². The summed E-state index contributed by atoms with van der Waals surface area (Å²) in [4.78, 5) is 29.2. The van der Waals surface area contributed by atoms with Gasteiger partial charge in [0.1, 0.15) is 0 Å². The molecule has 28 heavy (non-hydrogen) atoms. The average Bonchev–Trinajstić information content (AvgIpc) is 3.08. The van der Waals surface area contributed by atoms with Crippen molar-refractivity contribution in [1.82, 2.24) is 9.80 Å². The largest absolute Gasteiger partial charge is 0.338 e. The zero-order chi connectivity index (χ0) is 19.5. The first-order valence-corrected chi connectivity index (χ1v) is 10.3. The molecule has 2 aliphatic heterocycles. The van der Waals surface area contributed by atoms with E-state index in [1.165, 1.54) is 25.7 Å². The van der Waals surface area contributed by atoms with E-state index in [0.29, 0.717) is 23.9 Å². The fourth-order valence-electron chi connectivity index (χ4n) is 4.54. The van der Waals surface area contributed by atoms with E-state index in [4.69, 9.17) is 0 Å². The van der Waals surface area contributed by atoms with Gasteiger partial charge in [0.15, 0.2) is 0 Å². The molecule has 2 amide bonds. The summed E-state index contributed by atoms with van der Waals surface area (Å²) < 4.78 is 0. The Kier molecular flexibility index (Phi) is 5.47. The predicted molar refractivity (Wildman–Crippen MR) is 110 cm³/mol. The number of benzene rings is 2. The molecule has 4 heteroatoms. The molecule has 5 rings (SSSR count). The van der Waals surface area contributed by atoms with Gasteiger partial charge in [0.25, 0.3) is 11.8 Å². The topological polar surface area (TPSA) is 40.6 Å². The quantitative estimate of drug-likeness (QED) is 0.802. The third kappa shape index (κ3) is 4.11. The minimum Gasteiger partial charge on any atom is -0.338 e. The van der Waals surface area contributed by atoms with E-state index < -0.39 is 0 Å². The second-order valence-corrected chi connectivity index (χ2v) is 8.32. The number of fused-ring (bicyclic) bond motifs is 4. The molecule has 146 valence electrons. The van der Waals surface area contributed by atoms with Gasteiger partial charge in [-0.2, -0.15) is 0 Å². The summed E-state index contributed by atoms with van der Waals surface area (Å²) >= 11 is 0. The number of nitrogens with zero attached hydrogens (tertiary/aromatic N) is 2. The van der Waals surface area contributed by atoms with Crippen molar-refractivity contribution in [3.63, 3.8) is 0 Å². The standard InChI is InChI=1S/C24H28N2O2/c1-25(23(27)21-5-3-2-4-6-21)15-18-11-13-22(14-12-18)24(28)26-16-19-7-8-20(17-26)10-9-19/h2-6,11-14,19-20H,7-10,15-17H2,1H3. The Morgan fingerprint density at radius 3 is 2.00 bits per heavy atom. The van der Waals surface area contributed by atoms with Crippen molar-refractivity contribution in [3.05, 3.63) is 71.3 Å². The van der Waals surface area contributed by atoms with Crippen LogP contribution in [0.25, 0.3) is 0 Å². The van der Waals surface area contributed by atoms with Crippen LogP contribution in [0.4, 0.5) is 0 Å². The molecule has 2 heterocycles. The van der Waals surface area contributed by atoms with Crippen LogP contribution in [0.2, 0.25) is 0 Å². The summed E-state index contributed by atoms with van der Waals surface area (Å²) in [5, 5.41) is 0. The first-order chi connectivity index (χ1) is 13.6. The lowest BCUT2D eigenvalue weighted by Gasteiger charge is -2.23. The zero-order valence-corrected chi connectivity index (χ0v) is 16.5. The minimum absolute atomic E-state index is 0.000736. The molecular weight excluding hydrogens is 348 g/mol. The molecule has 2 saturated heterocycles. The smallest absolute Gasteiger partial charge is 0.253 e. The van der Waals surface area contributed by atoms with Crippen LogP contribution < -0.4 is 0 Å². The van der Waals surface area contributed by atoms with Crippen molar-refractivity contribution in [1.29, 1.82) is 0 Å². The van der Waals surface area contributed by atoms with Gasteiger partial charge >= 0.3 is 0 Å². The highest BCUT2D eigenvalue weighted by atomic mass is 16.2. The molecule has 3 aliphatic rings. The van der Waals surface area contributed by atoms with E-state index in [2.05, 4.69) is 4.90 Å². The molecular formula is C24H28N2O2. The van der Waals surface area contributed by atoms with E-state index in [-0.39, 0.29) is 11.8 Å². The number of carbonyl (C=O) groups excluding carboxylic acids is 2. The van der Waals surface area contributed by atoms with Gasteiger partial charge in [-0.1, -0.05) is 30.3 Å². The SMILES string of the molecule is CN(Cc1ccc(C(=O)N2CC3CCC(CC3)C2)cc1)C(=O)c1ccccc1. The fraction of sp³-hybridized carbons (Fsp3) is 0.417. The number of hydrogen-bond acceptors (Lipinski definition) is 2. The van der Waals surface area contributed by atoms with Crippen LogP contribution in [-0.4, -0.2) is 41.8 Å². The minimum atomic E-state index is 0.000736. The van der Waals surface area contributed by atoms with E-state index in [0.717, 1.165) is 24.2 Å². The maximum absolute atomic E-state index is 13.0. The van der Waals surface area contributed by atoms with Crippen molar-refractivity contribution in [2.75, 3.05) is 20.1 Å². The van der Waals surface area contributed by atoms with Crippen molar-refractivity contribution in [2.45, 2.75) is 32.2 Å². The Labute approximate surface area is 167 Å². The summed E-state index contributed by atoms with van der Waals surface area (Å²) in [5.41, 5.74) is 2.47. The maximum atomic E-state index is 13.0. The molecule has 1 aliphatic carbocycles. The van der Waals surface area contributed by atoms with Gasteiger partial charge < -0.3 is 9.80 Å². The second kappa shape index (κ2) is 8.17. The highest BCUT2D eigenvalue weighted by Crippen LogP contribution is 2.34. The van der Waals surface area contributed by atoms with Crippen LogP contribution in [0.3, 0.4) is 0 Å². The highest BCUT2D eigenvalue weighted by Gasteiger charge is 2.31. The second-order valence-electron chi connectivity index (χ2n) is 8.32. The lowest BCUT2D eigenvalue weighted by molar-refractivity contribution is 0.0737. The summed E-state index contributed by atoms with van der Waals surface area (Å²) in [6.07, 6.45) is 5.09. The van der Waals surface area contributed by atoms with Gasteiger partial charge in [-0.15, -0.1) is 0 Å². The number of hydrogen-bond donors (Lipinski definition) is 0. The Morgan fingerprint density at radius 1 is 0.857 bits per heavy atom. The third-order valence-corrected chi connectivity index (χ3v) is 6.20. The predicted octanol–water partition coefficient (Wildman–Crippen LogP) is 4.22. The monoisotopic (exact) mass is 376 g/mol. The van der Waals surface area contributed by atoms with Gasteiger partial charge in [-0.05, 0) is 67.3 Å². The van der Waals surface area contributed by atoms with Gasteiger partial charge in [0.05, 0.1) is 0 Å². The lowest BCUT2D eigenvalue weighted by Crippen LogP contribution is -2.34. The summed E-state index contributed by atoms with van der Waals surface area (Å²) in [6.45, 7) is 2.34. The maximum Gasteiger partial charge on any atom is 0.253 e. The first kappa shape index (κ1) is 18.7. The highest BCUT2D eigenvalue weighted by molar-refractivity contribution is 5.95. The molecule has 2 bridgehead atoms. The lowest BCUT2D eigenvalue weighted by atomic mass is 9.84. The van der Waals surface area contributed by atoms with Crippen LogP contribution in [-0.2, 0) is 6.54 Å². The Bertz CT molecular complexity index is 809. The third-order valence-electron chi connectivity index (χ3n) is 6.20. The van der Waals surface area contributed by atoms with Crippen molar-refractivity contribution in [2.24, 2.45) is 11.8 Å². The van der Waals surface area contributed by atoms with Crippen molar-refractivity contribution >= 4 is 11.8 Å². The summed E-state index contributed by atoms with van der Waals surface area (Å²) in [6, 6.07) is 17.1. The number of amides is 2. The van der Waals surface area contributed by atoms with Crippen LogP contribution in [0.5, 0.6) is 0 Å².